The summed E-state index contributed by atoms with van der Waals surface area (Å²) in [6.07, 6.45) is 1.01. The lowest BCUT2D eigenvalue weighted by Crippen LogP contribution is -1.97. The van der Waals surface area contributed by atoms with Crippen LogP contribution in [0, 0.1) is 13.8 Å². The Hall–Kier alpha value is -1.03. The van der Waals surface area contributed by atoms with Gasteiger partial charge in [0.15, 0.2) is 4.96 Å². The molecule has 2 heterocycles. The van der Waals surface area contributed by atoms with E-state index in [1.165, 1.54) is 10.6 Å². The van der Waals surface area contributed by atoms with E-state index in [9.17, 15) is 0 Å². The monoisotopic (exact) mass is 195 g/mol. The van der Waals surface area contributed by atoms with E-state index in [0.29, 0.717) is 0 Å². The zero-order valence-electron chi connectivity index (χ0n) is 8.09. The SMILES string of the molecule is CCc1c(C)sc2nc(C)c(N)n12. The Morgan fingerprint density at radius 2 is 2.15 bits per heavy atom. The van der Waals surface area contributed by atoms with Crippen molar-refractivity contribution in [1.82, 2.24) is 9.38 Å². The summed E-state index contributed by atoms with van der Waals surface area (Å²) in [7, 11) is 0. The molecule has 4 heteroatoms. The van der Waals surface area contributed by atoms with Crippen molar-refractivity contribution in [3.05, 3.63) is 16.3 Å². The molecule has 0 aliphatic carbocycles. The maximum Gasteiger partial charge on any atom is 0.196 e. The smallest absolute Gasteiger partial charge is 0.196 e. The summed E-state index contributed by atoms with van der Waals surface area (Å²) in [5, 5.41) is 0. The van der Waals surface area contributed by atoms with Crippen molar-refractivity contribution in [2.45, 2.75) is 27.2 Å². The minimum absolute atomic E-state index is 0.788. The van der Waals surface area contributed by atoms with Crippen LogP contribution in [0.3, 0.4) is 0 Å². The molecule has 2 aromatic rings. The van der Waals surface area contributed by atoms with Gasteiger partial charge in [-0.15, -0.1) is 11.3 Å². The van der Waals surface area contributed by atoms with Crippen molar-refractivity contribution < 1.29 is 0 Å². The van der Waals surface area contributed by atoms with Crippen LogP contribution in [0.1, 0.15) is 23.2 Å². The van der Waals surface area contributed by atoms with E-state index < -0.39 is 0 Å². The first-order chi connectivity index (χ1) is 6.15. The average Bonchev–Trinajstić information content (AvgIpc) is 2.51. The number of imidazole rings is 1. The summed E-state index contributed by atoms with van der Waals surface area (Å²) in [4.78, 5) is 6.73. The average molecular weight is 195 g/mol. The third-order valence-electron chi connectivity index (χ3n) is 2.32. The molecule has 13 heavy (non-hydrogen) atoms. The van der Waals surface area contributed by atoms with Crippen molar-refractivity contribution in [3.8, 4) is 0 Å². The van der Waals surface area contributed by atoms with Crippen LogP contribution in [0.2, 0.25) is 0 Å². The van der Waals surface area contributed by atoms with E-state index in [1.54, 1.807) is 11.3 Å². The zero-order chi connectivity index (χ0) is 9.59. The number of fused-ring (bicyclic) bond motifs is 1. The number of thiazole rings is 1. The summed E-state index contributed by atoms with van der Waals surface area (Å²) in [6.45, 7) is 6.21. The Bertz CT molecular complexity index is 453. The first-order valence-electron chi connectivity index (χ1n) is 4.38. The molecule has 2 rings (SSSR count). The van der Waals surface area contributed by atoms with Crippen molar-refractivity contribution in [3.63, 3.8) is 0 Å². The summed E-state index contributed by atoms with van der Waals surface area (Å²) in [6, 6.07) is 0. The lowest BCUT2D eigenvalue weighted by molar-refractivity contribution is 0.992. The second-order valence-electron chi connectivity index (χ2n) is 3.16. The van der Waals surface area contributed by atoms with Crippen LogP contribution >= 0.6 is 11.3 Å². The van der Waals surface area contributed by atoms with Gasteiger partial charge in [-0.2, -0.15) is 0 Å². The molecule has 0 aromatic carbocycles. The molecule has 2 N–H and O–H groups in total. The van der Waals surface area contributed by atoms with Crippen LogP contribution < -0.4 is 5.73 Å². The van der Waals surface area contributed by atoms with E-state index >= 15 is 0 Å². The van der Waals surface area contributed by atoms with Gasteiger partial charge < -0.3 is 5.73 Å². The summed E-state index contributed by atoms with van der Waals surface area (Å²) >= 11 is 1.71. The van der Waals surface area contributed by atoms with Gasteiger partial charge in [0.1, 0.15) is 5.82 Å². The maximum absolute atomic E-state index is 5.94. The van der Waals surface area contributed by atoms with Crippen molar-refractivity contribution in [1.29, 1.82) is 0 Å². The minimum atomic E-state index is 0.788. The molecule has 0 aliphatic rings. The fourth-order valence-electron chi connectivity index (χ4n) is 1.61. The highest BCUT2D eigenvalue weighted by atomic mass is 32.1. The Morgan fingerprint density at radius 1 is 1.46 bits per heavy atom. The highest BCUT2D eigenvalue weighted by Crippen LogP contribution is 2.26. The third-order valence-corrected chi connectivity index (χ3v) is 3.32. The van der Waals surface area contributed by atoms with E-state index in [2.05, 4.69) is 23.2 Å². The second-order valence-corrected chi connectivity index (χ2v) is 4.34. The van der Waals surface area contributed by atoms with Crippen molar-refractivity contribution >= 4 is 22.1 Å². The van der Waals surface area contributed by atoms with Gasteiger partial charge in [0, 0.05) is 10.6 Å². The van der Waals surface area contributed by atoms with Gasteiger partial charge in [-0.05, 0) is 20.3 Å². The van der Waals surface area contributed by atoms with Gasteiger partial charge in [0.2, 0.25) is 0 Å². The predicted molar refractivity (Wildman–Crippen MR) is 56.3 cm³/mol. The molecular weight excluding hydrogens is 182 g/mol. The fourth-order valence-corrected chi connectivity index (χ4v) is 2.71. The van der Waals surface area contributed by atoms with E-state index in [-0.39, 0.29) is 0 Å². The number of aromatic nitrogens is 2. The summed E-state index contributed by atoms with van der Waals surface area (Å²) in [5.41, 5.74) is 8.16. The van der Waals surface area contributed by atoms with Gasteiger partial charge >= 0.3 is 0 Å². The normalized spacial score (nSPS) is 11.3. The number of nitrogens with two attached hydrogens (primary N) is 1. The van der Waals surface area contributed by atoms with Crippen LogP contribution in [0.25, 0.3) is 4.96 Å². The van der Waals surface area contributed by atoms with E-state index in [4.69, 9.17) is 5.73 Å². The van der Waals surface area contributed by atoms with Crippen LogP contribution in [0.4, 0.5) is 5.82 Å². The minimum Gasteiger partial charge on any atom is -0.383 e. The van der Waals surface area contributed by atoms with Gasteiger partial charge in [0.05, 0.1) is 5.69 Å². The lowest BCUT2D eigenvalue weighted by Gasteiger charge is -1.98. The lowest BCUT2D eigenvalue weighted by atomic mass is 10.3. The highest BCUT2D eigenvalue weighted by molar-refractivity contribution is 7.17. The van der Waals surface area contributed by atoms with Gasteiger partial charge in [-0.25, -0.2) is 4.98 Å². The largest absolute Gasteiger partial charge is 0.383 e. The topological polar surface area (TPSA) is 43.3 Å². The first-order valence-corrected chi connectivity index (χ1v) is 5.19. The Labute approximate surface area is 81.2 Å². The number of nitrogens with zero attached hydrogens (tertiary/aromatic N) is 2. The van der Waals surface area contributed by atoms with Gasteiger partial charge in [0.25, 0.3) is 0 Å². The predicted octanol–water partition coefficient (Wildman–Crippen LogP) is 2.16. The number of hydrogen-bond acceptors (Lipinski definition) is 3. The van der Waals surface area contributed by atoms with Crippen LogP contribution in [-0.2, 0) is 6.42 Å². The molecular formula is C9H13N3S. The maximum atomic E-state index is 5.94. The van der Waals surface area contributed by atoms with Crippen molar-refractivity contribution in [2.24, 2.45) is 0 Å². The van der Waals surface area contributed by atoms with Crippen molar-refractivity contribution in [2.75, 3.05) is 5.73 Å². The van der Waals surface area contributed by atoms with Gasteiger partial charge in [-0.1, -0.05) is 6.92 Å². The molecule has 0 unspecified atom stereocenters. The van der Waals surface area contributed by atoms with Crippen LogP contribution in [0.5, 0.6) is 0 Å². The Balaban J connectivity index is 2.86. The summed E-state index contributed by atoms with van der Waals surface area (Å²) in [5.74, 6) is 0.788. The standard InChI is InChI=1S/C9H13N3S/c1-4-7-6(3)13-9-11-5(2)8(10)12(7)9/h4,10H2,1-3H3. The summed E-state index contributed by atoms with van der Waals surface area (Å²) < 4.78 is 2.06. The van der Waals surface area contributed by atoms with Crippen LogP contribution in [0.15, 0.2) is 0 Å². The number of rotatable bonds is 1. The van der Waals surface area contributed by atoms with E-state index in [0.717, 1.165) is 22.9 Å². The molecule has 0 bridgehead atoms. The van der Waals surface area contributed by atoms with Crippen LogP contribution in [-0.4, -0.2) is 9.38 Å². The number of hydrogen-bond donors (Lipinski definition) is 1. The Kier molecular flexibility index (Phi) is 1.80. The first kappa shape index (κ1) is 8.56. The molecule has 0 fully saturated rings. The third kappa shape index (κ3) is 1.05. The number of aryl methyl sites for hydroxylation is 3. The molecule has 2 aromatic heterocycles. The second kappa shape index (κ2) is 2.73. The van der Waals surface area contributed by atoms with E-state index in [1.807, 2.05) is 6.92 Å². The Morgan fingerprint density at radius 3 is 2.77 bits per heavy atom. The molecule has 0 radical (unpaired) electrons. The molecule has 0 spiro atoms. The molecule has 0 saturated heterocycles. The highest BCUT2D eigenvalue weighted by Gasteiger charge is 2.13. The molecule has 70 valence electrons. The molecule has 0 saturated carbocycles. The quantitative estimate of drug-likeness (QED) is 0.757. The molecule has 0 atom stereocenters. The fraction of sp³-hybridized carbons (Fsp3) is 0.444. The number of nitrogen functional groups attached to an aromatic ring is 1. The number of anilines is 1. The molecule has 3 nitrogen and oxygen atoms in total. The molecule has 0 amide bonds. The van der Waals surface area contributed by atoms with Gasteiger partial charge in [-0.3, -0.25) is 4.40 Å². The molecule has 0 aliphatic heterocycles. The zero-order valence-corrected chi connectivity index (χ0v) is 8.90.